The van der Waals surface area contributed by atoms with Crippen LogP contribution in [0.2, 0.25) is 0 Å². The molecule has 0 bridgehead atoms. The van der Waals surface area contributed by atoms with Crippen LogP contribution in [0.1, 0.15) is 28.8 Å². The molecule has 0 atom stereocenters. The monoisotopic (exact) mass is 521 g/mol. The van der Waals surface area contributed by atoms with Crippen molar-refractivity contribution in [1.82, 2.24) is 19.9 Å². The van der Waals surface area contributed by atoms with Gasteiger partial charge in [-0.1, -0.05) is 12.1 Å². The Kier molecular flexibility index (Phi) is 6.87. The van der Waals surface area contributed by atoms with Crippen LogP contribution in [0.3, 0.4) is 0 Å². The highest BCUT2D eigenvalue weighted by Crippen LogP contribution is 2.32. The molecule has 0 saturated heterocycles. The second-order valence-electron chi connectivity index (χ2n) is 9.19. The first kappa shape index (κ1) is 25.4. The zero-order chi connectivity index (χ0) is 27.0. The Bertz CT molecular complexity index is 1580. The van der Waals surface area contributed by atoms with Gasteiger partial charge in [0.2, 0.25) is 5.95 Å². The fraction of sp³-hybridized carbons (Fsp3) is 0.259. The van der Waals surface area contributed by atoms with Crippen molar-refractivity contribution in [2.45, 2.75) is 31.8 Å². The molecule has 4 N–H and O–H groups in total. The van der Waals surface area contributed by atoms with Gasteiger partial charge in [-0.05, 0) is 55.7 Å². The number of fused-ring (bicyclic) bond motifs is 1. The Hall–Kier alpha value is -4.22. The molecule has 1 aliphatic rings. The Morgan fingerprint density at radius 3 is 2.45 bits per heavy atom. The lowest BCUT2D eigenvalue weighted by Crippen LogP contribution is -2.29. The summed E-state index contributed by atoms with van der Waals surface area (Å²) in [4.78, 5) is 34.7. The van der Waals surface area contributed by atoms with E-state index in [2.05, 4.69) is 20.6 Å². The summed E-state index contributed by atoms with van der Waals surface area (Å²) in [5.41, 5.74) is 0.534. The van der Waals surface area contributed by atoms with Crippen molar-refractivity contribution in [2.75, 3.05) is 18.5 Å². The van der Waals surface area contributed by atoms with Crippen LogP contribution in [0, 0.1) is 18.6 Å². The van der Waals surface area contributed by atoms with Crippen molar-refractivity contribution in [3.8, 4) is 16.9 Å². The fourth-order valence-corrected chi connectivity index (χ4v) is 4.15. The highest BCUT2D eigenvalue weighted by atomic mass is 19.1. The van der Waals surface area contributed by atoms with E-state index in [0.29, 0.717) is 16.5 Å². The second kappa shape index (κ2) is 10.3. The summed E-state index contributed by atoms with van der Waals surface area (Å²) in [5.74, 6) is -2.26. The maximum Gasteiger partial charge on any atom is 0.256 e. The predicted molar refractivity (Wildman–Crippen MR) is 137 cm³/mol. The summed E-state index contributed by atoms with van der Waals surface area (Å²) in [6.07, 6.45) is 1.86. The molecule has 1 saturated carbocycles. The Balaban J connectivity index is 1.79. The minimum Gasteiger partial charge on any atom is -0.394 e. The van der Waals surface area contributed by atoms with E-state index in [0.717, 1.165) is 41.2 Å². The number of nitrogens with zero attached hydrogens (tertiary/aromatic N) is 3. The maximum absolute atomic E-state index is 14.8. The van der Waals surface area contributed by atoms with E-state index in [4.69, 9.17) is 0 Å². The lowest BCUT2D eigenvalue weighted by Gasteiger charge is -2.18. The molecule has 38 heavy (non-hydrogen) atoms. The molecule has 2 heterocycles. The summed E-state index contributed by atoms with van der Waals surface area (Å²) in [6.45, 7) is 0.912. The third kappa shape index (κ3) is 4.85. The number of aromatic nitrogens is 3. The third-order valence-electron chi connectivity index (χ3n) is 6.35. The summed E-state index contributed by atoms with van der Waals surface area (Å²) in [7, 11) is 0. The summed E-state index contributed by atoms with van der Waals surface area (Å²) in [6, 6.07) is 10.3. The molecule has 11 heteroatoms. The average molecular weight is 522 g/mol. The number of halogens is 2. The van der Waals surface area contributed by atoms with E-state index >= 15 is 0 Å². The molecular weight excluding hydrogens is 496 g/mol. The van der Waals surface area contributed by atoms with E-state index in [1.54, 1.807) is 18.2 Å². The highest BCUT2D eigenvalue weighted by Gasteiger charge is 2.25. The van der Waals surface area contributed by atoms with Gasteiger partial charge >= 0.3 is 0 Å². The van der Waals surface area contributed by atoms with Gasteiger partial charge < -0.3 is 20.8 Å². The van der Waals surface area contributed by atoms with Crippen molar-refractivity contribution in [3.05, 3.63) is 81.6 Å². The largest absolute Gasteiger partial charge is 0.394 e. The number of aliphatic hydroxyl groups is 2. The molecular formula is C27H25F2N5O4. The van der Waals surface area contributed by atoms with Gasteiger partial charge in [-0.3, -0.25) is 14.2 Å². The number of carbonyl (C=O) groups is 1. The predicted octanol–water partition coefficient (Wildman–Crippen LogP) is 2.69. The van der Waals surface area contributed by atoms with Gasteiger partial charge in [-0.2, -0.15) is 4.98 Å². The third-order valence-corrected chi connectivity index (χ3v) is 6.35. The SMILES string of the molecule is Cc1ccc(C(=O)NC2CC2)cc1-c1nc(NC(CO)CO)nc2c1ccc(=O)n2-c1c(F)cccc1F. The number of para-hydroxylation sites is 1. The average Bonchev–Trinajstić information content (AvgIpc) is 3.72. The molecule has 4 aromatic rings. The molecule has 0 unspecified atom stereocenters. The Morgan fingerprint density at radius 1 is 1.08 bits per heavy atom. The quantitative estimate of drug-likeness (QED) is 0.281. The molecule has 1 amide bonds. The first-order valence-corrected chi connectivity index (χ1v) is 12.1. The van der Waals surface area contributed by atoms with E-state index in [-0.39, 0.29) is 29.2 Å². The number of hydrogen-bond donors (Lipinski definition) is 4. The Labute approximate surface area is 215 Å². The standard InChI is InChI=1S/C27H25F2N5O4/c1-14-5-6-15(26(38)30-16-7-8-16)11-19(14)23-18-9-10-22(37)34(24-20(28)3-2-4-21(24)29)25(18)33-27(32-23)31-17(12-35)13-36/h2-6,9-11,16-17,35-36H,7-8,12-13H2,1H3,(H,30,38)(H,31,32,33). The summed E-state index contributed by atoms with van der Waals surface area (Å²) < 4.78 is 30.5. The van der Waals surface area contributed by atoms with Crippen LogP contribution in [0.15, 0.2) is 53.3 Å². The van der Waals surface area contributed by atoms with Gasteiger partial charge in [-0.15, -0.1) is 0 Å². The molecule has 1 fully saturated rings. The number of aliphatic hydroxyl groups excluding tert-OH is 2. The Morgan fingerprint density at radius 2 is 1.79 bits per heavy atom. The van der Waals surface area contributed by atoms with Crippen molar-refractivity contribution in [2.24, 2.45) is 0 Å². The molecule has 0 radical (unpaired) electrons. The number of hydrogen-bond acceptors (Lipinski definition) is 7. The smallest absolute Gasteiger partial charge is 0.256 e. The van der Waals surface area contributed by atoms with Crippen molar-refractivity contribution < 1.29 is 23.8 Å². The maximum atomic E-state index is 14.8. The van der Waals surface area contributed by atoms with Crippen molar-refractivity contribution in [3.63, 3.8) is 0 Å². The van der Waals surface area contributed by atoms with E-state index in [9.17, 15) is 28.6 Å². The first-order valence-electron chi connectivity index (χ1n) is 12.1. The van der Waals surface area contributed by atoms with Gasteiger partial charge in [0, 0.05) is 28.6 Å². The number of rotatable bonds is 8. The normalized spacial score (nSPS) is 13.2. The fourth-order valence-electron chi connectivity index (χ4n) is 4.15. The lowest BCUT2D eigenvalue weighted by atomic mass is 9.99. The summed E-state index contributed by atoms with van der Waals surface area (Å²) >= 11 is 0. The van der Waals surface area contributed by atoms with Gasteiger partial charge in [0.15, 0.2) is 5.65 Å². The van der Waals surface area contributed by atoms with Crippen LogP contribution in [0.25, 0.3) is 28.0 Å². The molecule has 0 aliphatic heterocycles. The van der Waals surface area contributed by atoms with E-state index in [1.165, 1.54) is 12.1 Å². The first-order chi connectivity index (χ1) is 18.3. The van der Waals surface area contributed by atoms with Gasteiger partial charge in [-0.25, -0.2) is 13.8 Å². The number of aryl methyl sites for hydroxylation is 1. The lowest BCUT2D eigenvalue weighted by molar-refractivity contribution is 0.0951. The number of nitrogens with one attached hydrogen (secondary N) is 2. The number of carbonyl (C=O) groups excluding carboxylic acids is 1. The molecule has 196 valence electrons. The van der Waals surface area contributed by atoms with Crippen molar-refractivity contribution >= 4 is 22.9 Å². The number of benzene rings is 2. The van der Waals surface area contributed by atoms with Gasteiger partial charge in [0.05, 0.1) is 24.9 Å². The molecule has 9 nitrogen and oxygen atoms in total. The van der Waals surface area contributed by atoms with Crippen LogP contribution in [-0.4, -0.2) is 56.0 Å². The zero-order valence-electron chi connectivity index (χ0n) is 20.4. The molecule has 2 aromatic carbocycles. The molecule has 2 aromatic heterocycles. The minimum absolute atomic E-state index is 0.0936. The van der Waals surface area contributed by atoms with E-state index < -0.39 is 42.1 Å². The number of anilines is 1. The van der Waals surface area contributed by atoms with Crippen LogP contribution in [-0.2, 0) is 0 Å². The molecule has 5 rings (SSSR count). The number of amides is 1. The van der Waals surface area contributed by atoms with Gasteiger partial charge in [0.25, 0.3) is 11.5 Å². The van der Waals surface area contributed by atoms with Crippen LogP contribution in [0.4, 0.5) is 14.7 Å². The van der Waals surface area contributed by atoms with Crippen LogP contribution < -0.4 is 16.2 Å². The zero-order valence-corrected chi connectivity index (χ0v) is 20.4. The second-order valence-corrected chi connectivity index (χ2v) is 9.19. The molecule has 1 aliphatic carbocycles. The van der Waals surface area contributed by atoms with Crippen LogP contribution in [0.5, 0.6) is 0 Å². The van der Waals surface area contributed by atoms with Crippen molar-refractivity contribution in [1.29, 1.82) is 0 Å². The highest BCUT2D eigenvalue weighted by molar-refractivity contribution is 5.98. The van der Waals surface area contributed by atoms with E-state index in [1.807, 2.05) is 6.92 Å². The van der Waals surface area contributed by atoms with Gasteiger partial charge in [0.1, 0.15) is 17.3 Å². The minimum atomic E-state index is -0.965. The molecule has 0 spiro atoms. The summed E-state index contributed by atoms with van der Waals surface area (Å²) in [5, 5.41) is 25.2. The topological polar surface area (TPSA) is 129 Å². The van der Waals surface area contributed by atoms with Crippen LogP contribution >= 0.6 is 0 Å². The number of pyridine rings is 1.